The molecule has 1 atom stereocenters. The number of anilines is 1. The summed E-state index contributed by atoms with van der Waals surface area (Å²) in [6.07, 6.45) is 5.87. The third-order valence-corrected chi connectivity index (χ3v) is 4.59. The number of piperidine rings is 1. The molecule has 0 saturated carbocycles. The second-order valence-electron chi connectivity index (χ2n) is 5.01. The zero-order valence-corrected chi connectivity index (χ0v) is 12.5. The Labute approximate surface area is 120 Å². The van der Waals surface area contributed by atoms with Gasteiger partial charge in [-0.3, -0.25) is 0 Å². The molecule has 1 aliphatic rings. The van der Waals surface area contributed by atoms with Crippen LogP contribution in [0.15, 0.2) is 23.1 Å². The molecular formula is C15H21N3S. The third kappa shape index (κ3) is 3.43. The van der Waals surface area contributed by atoms with Crippen molar-refractivity contribution in [3.63, 3.8) is 0 Å². The summed E-state index contributed by atoms with van der Waals surface area (Å²) in [4.78, 5) is 3.46. The van der Waals surface area contributed by atoms with Crippen molar-refractivity contribution < 1.29 is 0 Å². The lowest BCUT2D eigenvalue weighted by Gasteiger charge is -2.32. The van der Waals surface area contributed by atoms with E-state index in [4.69, 9.17) is 0 Å². The average molecular weight is 275 g/mol. The number of nitriles is 1. The lowest BCUT2D eigenvalue weighted by molar-refractivity contribution is 0.194. The Morgan fingerprint density at radius 2 is 2.32 bits per heavy atom. The maximum absolute atomic E-state index is 9.31. The highest BCUT2D eigenvalue weighted by molar-refractivity contribution is 7.98. The van der Waals surface area contributed by atoms with Gasteiger partial charge in [0.15, 0.2) is 0 Å². The fraction of sp³-hybridized carbons (Fsp3) is 0.533. The monoisotopic (exact) mass is 275 g/mol. The molecule has 0 aromatic heterocycles. The average Bonchev–Trinajstić information content (AvgIpc) is 2.45. The van der Waals surface area contributed by atoms with Gasteiger partial charge < -0.3 is 10.2 Å². The van der Waals surface area contributed by atoms with E-state index in [0.29, 0.717) is 6.04 Å². The van der Waals surface area contributed by atoms with Crippen molar-refractivity contribution >= 4 is 17.4 Å². The number of likely N-dealkylation sites (tertiary alicyclic amines) is 1. The van der Waals surface area contributed by atoms with Gasteiger partial charge in [0.2, 0.25) is 0 Å². The zero-order valence-electron chi connectivity index (χ0n) is 11.6. The summed E-state index contributed by atoms with van der Waals surface area (Å²) in [6, 6.07) is 8.91. The summed E-state index contributed by atoms with van der Waals surface area (Å²) in [5, 5.41) is 12.8. The molecule has 1 unspecified atom stereocenters. The smallest absolute Gasteiger partial charge is 0.102 e. The van der Waals surface area contributed by atoms with Crippen LogP contribution in [0.4, 0.5) is 5.69 Å². The van der Waals surface area contributed by atoms with Crippen LogP contribution in [0.2, 0.25) is 0 Å². The molecular weight excluding hydrogens is 254 g/mol. The molecule has 1 fully saturated rings. The largest absolute Gasteiger partial charge is 0.382 e. The SMILES string of the molecule is CSc1cccc(NCC2CCCCN2C)c1C#N. The van der Waals surface area contributed by atoms with Crippen LogP contribution in [0, 0.1) is 11.3 Å². The number of rotatable bonds is 4. The first-order chi connectivity index (χ1) is 9.26. The van der Waals surface area contributed by atoms with E-state index in [9.17, 15) is 5.26 Å². The Hall–Kier alpha value is -1.18. The van der Waals surface area contributed by atoms with E-state index in [-0.39, 0.29) is 0 Å². The molecule has 1 heterocycles. The number of hydrogen-bond acceptors (Lipinski definition) is 4. The van der Waals surface area contributed by atoms with Gasteiger partial charge in [0.25, 0.3) is 0 Å². The number of likely N-dealkylation sites (N-methyl/N-ethyl adjacent to an activating group) is 1. The standard InChI is InChI=1S/C15H21N3S/c1-18-9-4-3-6-12(18)11-17-14-7-5-8-15(19-2)13(14)10-16/h5,7-8,12,17H,3-4,6,9,11H2,1-2H3. The Balaban J connectivity index is 2.05. The zero-order chi connectivity index (χ0) is 13.7. The lowest BCUT2D eigenvalue weighted by Crippen LogP contribution is -2.40. The highest BCUT2D eigenvalue weighted by atomic mass is 32.2. The van der Waals surface area contributed by atoms with E-state index in [1.54, 1.807) is 11.8 Å². The van der Waals surface area contributed by atoms with E-state index in [0.717, 1.165) is 22.7 Å². The van der Waals surface area contributed by atoms with Crippen LogP contribution in [-0.4, -0.2) is 37.3 Å². The van der Waals surface area contributed by atoms with Gasteiger partial charge in [-0.2, -0.15) is 5.26 Å². The molecule has 0 spiro atoms. The van der Waals surface area contributed by atoms with E-state index in [1.165, 1.54) is 25.8 Å². The number of thioether (sulfide) groups is 1. The number of nitrogens with zero attached hydrogens (tertiary/aromatic N) is 2. The Bertz CT molecular complexity index is 467. The van der Waals surface area contributed by atoms with E-state index in [1.807, 2.05) is 24.5 Å². The van der Waals surface area contributed by atoms with Gasteiger partial charge in [-0.05, 0) is 44.8 Å². The molecule has 1 saturated heterocycles. The molecule has 1 aliphatic heterocycles. The fourth-order valence-electron chi connectivity index (χ4n) is 2.59. The van der Waals surface area contributed by atoms with Crippen LogP contribution in [0.3, 0.4) is 0 Å². The van der Waals surface area contributed by atoms with Crippen LogP contribution < -0.4 is 5.32 Å². The van der Waals surface area contributed by atoms with Crippen LogP contribution in [-0.2, 0) is 0 Å². The highest BCUT2D eigenvalue weighted by Crippen LogP contribution is 2.26. The first-order valence-electron chi connectivity index (χ1n) is 6.77. The third-order valence-electron chi connectivity index (χ3n) is 3.81. The van der Waals surface area contributed by atoms with Gasteiger partial charge in [-0.25, -0.2) is 0 Å². The fourth-order valence-corrected chi connectivity index (χ4v) is 3.17. The predicted octanol–water partition coefficient (Wildman–Crippen LogP) is 3.18. The van der Waals surface area contributed by atoms with Gasteiger partial charge in [0, 0.05) is 17.5 Å². The summed E-state index contributed by atoms with van der Waals surface area (Å²) in [5.41, 5.74) is 1.74. The van der Waals surface area contributed by atoms with Crippen LogP contribution >= 0.6 is 11.8 Å². The maximum atomic E-state index is 9.31. The molecule has 0 amide bonds. The Morgan fingerprint density at radius 3 is 3.00 bits per heavy atom. The van der Waals surface area contributed by atoms with Crippen LogP contribution in [0.1, 0.15) is 24.8 Å². The highest BCUT2D eigenvalue weighted by Gasteiger charge is 2.19. The Kier molecular flexibility index (Phi) is 5.12. The summed E-state index contributed by atoms with van der Waals surface area (Å²) < 4.78 is 0. The van der Waals surface area contributed by atoms with Crippen molar-refractivity contribution in [2.75, 3.05) is 31.7 Å². The molecule has 0 aliphatic carbocycles. The summed E-state index contributed by atoms with van der Waals surface area (Å²) in [6.45, 7) is 2.10. The quantitative estimate of drug-likeness (QED) is 0.857. The molecule has 102 valence electrons. The topological polar surface area (TPSA) is 39.1 Å². The second-order valence-corrected chi connectivity index (χ2v) is 5.85. The molecule has 0 bridgehead atoms. The first kappa shape index (κ1) is 14.2. The molecule has 1 aromatic carbocycles. The maximum Gasteiger partial charge on any atom is 0.102 e. The van der Waals surface area contributed by atoms with Gasteiger partial charge in [-0.15, -0.1) is 11.8 Å². The first-order valence-corrected chi connectivity index (χ1v) is 8.00. The van der Waals surface area contributed by atoms with Crippen molar-refractivity contribution in [3.05, 3.63) is 23.8 Å². The van der Waals surface area contributed by atoms with E-state index in [2.05, 4.69) is 23.3 Å². The molecule has 0 radical (unpaired) electrons. The van der Waals surface area contributed by atoms with Crippen molar-refractivity contribution in [1.29, 1.82) is 5.26 Å². The summed E-state index contributed by atoms with van der Waals surface area (Å²) in [5.74, 6) is 0. The number of nitrogens with one attached hydrogen (secondary N) is 1. The minimum Gasteiger partial charge on any atom is -0.382 e. The normalized spacial score (nSPS) is 19.9. The number of hydrogen-bond donors (Lipinski definition) is 1. The van der Waals surface area contributed by atoms with Crippen LogP contribution in [0.25, 0.3) is 0 Å². The van der Waals surface area contributed by atoms with Gasteiger partial charge in [0.1, 0.15) is 6.07 Å². The summed E-state index contributed by atoms with van der Waals surface area (Å²) >= 11 is 1.62. The van der Waals surface area contributed by atoms with Crippen molar-refractivity contribution in [1.82, 2.24) is 4.90 Å². The predicted molar refractivity (Wildman–Crippen MR) is 81.7 cm³/mol. The van der Waals surface area contributed by atoms with Crippen molar-refractivity contribution in [2.24, 2.45) is 0 Å². The Morgan fingerprint density at radius 1 is 1.47 bits per heavy atom. The van der Waals surface area contributed by atoms with Crippen molar-refractivity contribution in [2.45, 2.75) is 30.2 Å². The summed E-state index contributed by atoms with van der Waals surface area (Å²) in [7, 11) is 2.19. The molecule has 1 aromatic rings. The minimum absolute atomic E-state index is 0.582. The minimum atomic E-state index is 0.582. The van der Waals surface area contributed by atoms with Gasteiger partial charge in [-0.1, -0.05) is 12.5 Å². The van der Waals surface area contributed by atoms with Gasteiger partial charge >= 0.3 is 0 Å². The molecule has 19 heavy (non-hydrogen) atoms. The molecule has 3 nitrogen and oxygen atoms in total. The van der Waals surface area contributed by atoms with E-state index < -0.39 is 0 Å². The lowest BCUT2D eigenvalue weighted by atomic mass is 10.0. The molecule has 4 heteroatoms. The molecule has 2 rings (SSSR count). The van der Waals surface area contributed by atoms with Gasteiger partial charge in [0.05, 0.1) is 11.3 Å². The van der Waals surface area contributed by atoms with Crippen molar-refractivity contribution in [3.8, 4) is 6.07 Å². The second kappa shape index (κ2) is 6.83. The number of benzene rings is 1. The van der Waals surface area contributed by atoms with Crippen LogP contribution in [0.5, 0.6) is 0 Å². The van der Waals surface area contributed by atoms with E-state index >= 15 is 0 Å². The molecule has 1 N–H and O–H groups in total.